The number of nitrogens with zero attached hydrogens (tertiary/aromatic N) is 1. The Kier molecular flexibility index (Phi) is 10.2. The molecule has 8 heteroatoms. The second kappa shape index (κ2) is 12.9. The predicted octanol–water partition coefficient (Wildman–Crippen LogP) is 4.99. The van der Waals surface area contributed by atoms with Crippen molar-refractivity contribution in [3.05, 3.63) is 23.9 Å². The molecular formula is C28H43N3O4S. The molecule has 200 valence electrons. The van der Waals surface area contributed by atoms with Gasteiger partial charge in [-0.15, -0.1) is 0 Å². The highest BCUT2D eigenvalue weighted by atomic mass is 32.2. The van der Waals surface area contributed by atoms with Crippen molar-refractivity contribution in [1.82, 2.24) is 15.6 Å². The molecule has 2 fully saturated rings. The van der Waals surface area contributed by atoms with Crippen molar-refractivity contribution < 1.29 is 19.1 Å². The maximum atomic E-state index is 13.0. The molecule has 0 aliphatic heterocycles. The second-order valence-electron chi connectivity index (χ2n) is 10.9. The van der Waals surface area contributed by atoms with Crippen molar-refractivity contribution in [2.24, 2.45) is 23.7 Å². The third-order valence-corrected chi connectivity index (χ3v) is 9.49. The molecule has 0 radical (unpaired) electrons. The topological polar surface area (TPSA) is 97.4 Å². The first kappa shape index (κ1) is 28.5. The zero-order chi connectivity index (χ0) is 26.4. The van der Waals surface area contributed by atoms with Gasteiger partial charge < -0.3 is 15.4 Å². The molecule has 2 aliphatic rings. The Morgan fingerprint density at radius 1 is 0.917 bits per heavy atom. The quantitative estimate of drug-likeness (QED) is 0.372. The van der Waals surface area contributed by atoms with Gasteiger partial charge in [0.05, 0.1) is 10.8 Å². The lowest BCUT2D eigenvalue weighted by molar-refractivity contribution is -0.130. The van der Waals surface area contributed by atoms with Crippen LogP contribution in [0.15, 0.2) is 23.4 Å². The highest BCUT2D eigenvalue weighted by Crippen LogP contribution is 2.31. The Balaban J connectivity index is 1.58. The lowest BCUT2D eigenvalue weighted by Gasteiger charge is -2.35. The molecule has 1 aromatic heterocycles. The lowest BCUT2D eigenvalue weighted by atomic mass is 9.78. The molecule has 0 unspecified atom stereocenters. The molecule has 8 atom stereocenters. The van der Waals surface area contributed by atoms with Gasteiger partial charge >= 0.3 is 5.97 Å². The Bertz CT molecular complexity index is 926. The molecule has 2 aliphatic carbocycles. The van der Waals surface area contributed by atoms with E-state index < -0.39 is 17.3 Å². The van der Waals surface area contributed by atoms with Crippen molar-refractivity contribution in [1.29, 1.82) is 0 Å². The number of hydrogen-bond acceptors (Lipinski definition) is 6. The van der Waals surface area contributed by atoms with Gasteiger partial charge in [0.1, 0.15) is 5.03 Å². The molecule has 0 saturated heterocycles. The molecule has 7 nitrogen and oxygen atoms in total. The summed E-state index contributed by atoms with van der Waals surface area (Å²) < 4.78 is 5.53. The average Bonchev–Trinajstić information content (AvgIpc) is 2.85. The molecule has 1 heterocycles. The Labute approximate surface area is 220 Å². The first-order valence-electron chi connectivity index (χ1n) is 13.5. The molecule has 2 saturated carbocycles. The van der Waals surface area contributed by atoms with Crippen LogP contribution < -0.4 is 10.6 Å². The summed E-state index contributed by atoms with van der Waals surface area (Å²) in [5.74, 6) is 1.03. The van der Waals surface area contributed by atoms with Crippen molar-refractivity contribution in [2.45, 2.75) is 109 Å². The van der Waals surface area contributed by atoms with Crippen LogP contribution in [-0.2, 0) is 14.3 Å². The van der Waals surface area contributed by atoms with Crippen LogP contribution in [0.2, 0.25) is 0 Å². The molecule has 3 rings (SSSR count). The molecule has 36 heavy (non-hydrogen) atoms. The summed E-state index contributed by atoms with van der Waals surface area (Å²) >= 11 is 1.24. The van der Waals surface area contributed by atoms with E-state index in [2.05, 4.69) is 43.3 Å². The summed E-state index contributed by atoms with van der Waals surface area (Å²) in [6.45, 7) is 12.2. The van der Waals surface area contributed by atoms with Gasteiger partial charge in [-0.2, -0.15) is 0 Å². The van der Waals surface area contributed by atoms with Gasteiger partial charge in [-0.1, -0.05) is 65.1 Å². The SMILES string of the molecule is C[C@@H]1[C@H](C)CCC[C@@H]1NC(=O)[C@@H](C)OC(=O)c1cccnc1S[C@@H](C)C(=O)N[C@@H]1CCC[C@H](C)[C@@H]1C. The molecule has 2 amide bonds. The number of carbonyl (C=O) groups is 3. The van der Waals surface area contributed by atoms with E-state index in [1.165, 1.54) is 24.6 Å². The van der Waals surface area contributed by atoms with E-state index in [-0.39, 0.29) is 29.5 Å². The predicted molar refractivity (Wildman–Crippen MR) is 143 cm³/mol. The number of esters is 1. The van der Waals surface area contributed by atoms with Crippen LogP contribution >= 0.6 is 11.8 Å². The maximum absolute atomic E-state index is 13.0. The fourth-order valence-corrected chi connectivity index (χ4v) is 6.22. The fourth-order valence-electron chi connectivity index (χ4n) is 5.31. The number of ether oxygens (including phenoxy) is 1. The summed E-state index contributed by atoms with van der Waals surface area (Å²) in [5.41, 5.74) is 0.265. The number of hydrogen-bond donors (Lipinski definition) is 2. The third-order valence-electron chi connectivity index (χ3n) is 8.37. The second-order valence-corrected chi connectivity index (χ2v) is 12.3. The summed E-state index contributed by atoms with van der Waals surface area (Å²) in [6, 6.07) is 3.56. The van der Waals surface area contributed by atoms with Crippen LogP contribution in [0, 0.1) is 23.7 Å². The normalized spacial score (nSPS) is 30.1. The summed E-state index contributed by atoms with van der Waals surface area (Å²) in [4.78, 5) is 43.0. The number of aromatic nitrogens is 1. The molecule has 0 bridgehead atoms. The van der Waals surface area contributed by atoms with E-state index in [0.717, 1.165) is 25.7 Å². The Morgan fingerprint density at radius 3 is 2.06 bits per heavy atom. The smallest absolute Gasteiger partial charge is 0.341 e. The van der Waals surface area contributed by atoms with E-state index in [1.54, 1.807) is 25.3 Å². The first-order chi connectivity index (χ1) is 17.1. The highest BCUT2D eigenvalue weighted by Gasteiger charge is 2.32. The Hall–Kier alpha value is -2.09. The first-order valence-corrected chi connectivity index (χ1v) is 14.4. The fraction of sp³-hybridized carbons (Fsp3) is 0.714. The van der Waals surface area contributed by atoms with Gasteiger partial charge in [0.25, 0.3) is 5.91 Å². The number of thioether (sulfide) groups is 1. The number of amides is 2. The molecule has 2 N–H and O–H groups in total. The molecule has 0 aromatic carbocycles. The van der Waals surface area contributed by atoms with E-state index in [1.807, 2.05) is 6.92 Å². The number of pyridine rings is 1. The number of nitrogens with one attached hydrogen (secondary N) is 2. The van der Waals surface area contributed by atoms with Crippen LogP contribution in [0.5, 0.6) is 0 Å². The largest absolute Gasteiger partial charge is 0.449 e. The van der Waals surface area contributed by atoms with Gasteiger partial charge in [0.15, 0.2) is 6.10 Å². The van der Waals surface area contributed by atoms with Gasteiger partial charge in [0, 0.05) is 18.3 Å². The number of carbonyl (C=O) groups excluding carboxylic acids is 3. The molecular weight excluding hydrogens is 474 g/mol. The van der Waals surface area contributed by atoms with Crippen molar-refractivity contribution >= 4 is 29.5 Å². The van der Waals surface area contributed by atoms with Gasteiger partial charge in [-0.25, -0.2) is 9.78 Å². The minimum atomic E-state index is -0.921. The third kappa shape index (κ3) is 7.24. The van der Waals surface area contributed by atoms with Crippen LogP contribution in [0.3, 0.4) is 0 Å². The van der Waals surface area contributed by atoms with E-state index in [0.29, 0.717) is 28.7 Å². The van der Waals surface area contributed by atoms with Gasteiger partial charge in [-0.3, -0.25) is 9.59 Å². The van der Waals surface area contributed by atoms with Crippen molar-refractivity contribution in [2.75, 3.05) is 0 Å². The monoisotopic (exact) mass is 517 g/mol. The van der Waals surface area contributed by atoms with E-state index in [9.17, 15) is 14.4 Å². The van der Waals surface area contributed by atoms with Gasteiger partial charge in [-0.05, 0) is 62.5 Å². The number of rotatable bonds is 8. The van der Waals surface area contributed by atoms with Gasteiger partial charge in [0.2, 0.25) is 5.91 Å². The van der Waals surface area contributed by atoms with Crippen LogP contribution in [-0.4, -0.2) is 46.2 Å². The standard InChI is InChI=1S/C28H43N3O4S/c1-16-10-7-13-23(18(16)3)30-25(32)20(5)35-28(34)22-12-9-15-29-27(22)36-21(6)26(33)31-24-14-8-11-17(2)19(24)4/h9,12,15-21,23-24H,7-8,10-11,13-14H2,1-6H3,(H,30,32)(H,31,33)/t16-,17+,18-,19+,20-,21+,23+,24-/m1/s1. The zero-order valence-electron chi connectivity index (χ0n) is 22.6. The minimum absolute atomic E-state index is 0.0560. The maximum Gasteiger partial charge on any atom is 0.341 e. The van der Waals surface area contributed by atoms with E-state index >= 15 is 0 Å². The molecule has 1 aromatic rings. The summed E-state index contributed by atoms with van der Waals surface area (Å²) in [6.07, 6.45) is 7.20. The van der Waals surface area contributed by atoms with Crippen LogP contribution in [0.1, 0.15) is 90.4 Å². The zero-order valence-corrected chi connectivity index (χ0v) is 23.4. The minimum Gasteiger partial charge on any atom is -0.449 e. The highest BCUT2D eigenvalue weighted by molar-refractivity contribution is 8.00. The van der Waals surface area contributed by atoms with Crippen LogP contribution in [0.25, 0.3) is 0 Å². The van der Waals surface area contributed by atoms with Crippen LogP contribution in [0.4, 0.5) is 0 Å². The lowest BCUT2D eigenvalue weighted by Crippen LogP contribution is -2.47. The summed E-state index contributed by atoms with van der Waals surface area (Å²) in [5, 5.41) is 6.28. The Morgan fingerprint density at radius 2 is 1.47 bits per heavy atom. The van der Waals surface area contributed by atoms with Crippen molar-refractivity contribution in [3.63, 3.8) is 0 Å². The average molecular weight is 518 g/mol. The molecule has 0 spiro atoms. The van der Waals surface area contributed by atoms with E-state index in [4.69, 9.17) is 4.74 Å². The summed E-state index contributed by atoms with van der Waals surface area (Å²) in [7, 11) is 0. The van der Waals surface area contributed by atoms with Crippen molar-refractivity contribution in [3.8, 4) is 0 Å².